The van der Waals surface area contributed by atoms with Gasteiger partial charge in [-0.3, -0.25) is 19.2 Å². The number of hydrogen-bond acceptors (Lipinski definition) is 8. The van der Waals surface area contributed by atoms with Crippen molar-refractivity contribution in [1.82, 2.24) is 15.0 Å². The molecule has 0 fully saturated rings. The van der Waals surface area contributed by atoms with Crippen LogP contribution in [0.4, 0.5) is 0 Å². The molecule has 1 atom stereocenters. The summed E-state index contributed by atoms with van der Waals surface area (Å²) in [6.07, 6.45) is 1.25. The smallest absolute Gasteiger partial charge is 0.330 e. The van der Waals surface area contributed by atoms with Crippen molar-refractivity contribution in [3.05, 3.63) is 44.4 Å². The largest absolute Gasteiger partial charge is 0.510 e. The first-order valence-electron chi connectivity index (χ1n) is 6.77. The van der Waals surface area contributed by atoms with E-state index in [0.717, 1.165) is 10.6 Å². The number of nitrogens with two attached hydrogens (primary N) is 1. The van der Waals surface area contributed by atoms with Gasteiger partial charge in [-0.15, -0.1) is 0 Å². The van der Waals surface area contributed by atoms with Gasteiger partial charge >= 0.3 is 5.69 Å². The van der Waals surface area contributed by atoms with Crippen molar-refractivity contribution in [2.24, 2.45) is 16.2 Å². The molecule has 0 spiro atoms. The molecule has 1 aromatic heterocycles. The summed E-state index contributed by atoms with van der Waals surface area (Å²) < 4.78 is 1.01. The molecule has 0 aliphatic carbocycles. The lowest BCUT2D eigenvalue weighted by Gasteiger charge is -2.16. The molecule has 0 bridgehead atoms. The fourth-order valence-corrected chi connectivity index (χ4v) is 1.40. The van der Waals surface area contributed by atoms with Crippen molar-refractivity contribution in [2.75, 3.05) is 13.3 Å². The van der Waals surface area contributed by atoms with E-state index < -0.39 is 24.2 Å². The van der Waals surface area contributed by atoms with Crippen LogP contribution in [0.5, 0.6) is 0 Å². The SMILES string of the molecule is CC.Cc1cn([C@@H](/C=C(/O)CN=NN)ONCO)c(=O)[nH]c1=O. The van der Waals surface area contributed by atoms with Gasteiger partial charge in [-0.05, 0) is 6.92 Å². The van der Waals surface area contributed by atoms with Gasteiger partial charge in [0.1, 0.15) is 19.0 Å². The second-order valence-corrected chi connectivity index (χ2v) is 3.86. The third-order valence-electron chi connectivity index (χ3n) is 2.34. The van der Waals surface area contributed by atoms with Crippen molar-refractivity contribution >= 4 is 0 Å². The Hall–Kier alpha value is -2.50. The van der Waals surface area contributed by atoms with Gasteiger partial charge in [0.25, 0.3) is 5.56 Å². The highest BCUT2D eigenvalue weighted by Gasteiger charge is 2.13. The van der Waals surface area contributed by atoms with E-state index in [0.29, 0.717) is 0 Å². The van der Waals surface area contributed by atoms with Crippen molar-refractivity contribution in [2.45, 2.75) is 27.0 Å². The predicted octanol–water partition coefficient (Wildman–Crippen LogP) is -0.391. The van der Waals surface area contributed by atoms with Crippen LogP contribution in [0.2, 0.25) is 0 Å². The number of H-pyrrole nitrogens is 1. The summed E-state index contributed by atoms with van der Waals surface area (Å²) in [5.41, 5.74) is 1.12. The number of hydrogen-bond donors (Lipinski definition) is 5. The zero-order chi connectivity index (χ0) is 17.8. The molecule has 0 amide bonds. The summed E-state index contributed by atoms with van der Waals surface area (Å²) in [6.45, 7) is 4.76. The van der Waals surface area contributed by atoms with Crippen LogP contribution in [0, 0.1) is 6.92 Å². The van der Waals surface area contributed by atoms with Crippen molar-refractivity contribution in [3.8, 4) is 0 Å². The summed E-state index contributed by atoms with van der Waals surface area (Å²) >= 11 is 0. The Morgan fingerprint density at radius 2 is 2.22 bits per heavy atom. The first kappa shape index (κ1) is 20.5. The van der Waals surface area contributed by atoms with Gasteiger partial charge in [-0.2, -0.15) is 10.6 Å². The van der Waals surface area contributed by atoms with E-state index in [1.807, 2.05) is 13.8 Å². The standard InChI is InChI=1S/C10H16N6O5.C2H6/c1-6-4-16(10(20)14-9(6)19)8(21-13-5-17)2-7(18)3-12-15-11;1-2/h2,4,8,13,17-18H,3,5H2,1H3,(H2,11,12)(H,14,19,20);1-2H3/b7-2+;/t8-;/m1./s1. The van der Waals surface area contributed by atoms with Gasteiger partial charge in [-0.1, -0.05) is 19.1 Å². The maximum atomic E-state index is 11.8. The van der Waals surface area contributed by atoms with Crippen LogP contribution in [0.3, 0.4) is 0 Å². The lowest BCUT2D eigenvalue weighted by molar-refractivity contribution is -0.0711. The summed E-state index contributed by atoms with van der Waals surface area (Å²) in [5.74, 6) is 4.53. The highest BCUT2D eigenvalue weighted by Crippen LogP contribution is 2.09. The molecule has 0 aliphatic heterocycles. The van der Waals surface area contributed by atoms with Gasteiger partial charge < -0.3 is 16.1 Å². The first-order valence-corrected chi connectivity index (χ1v) is 6.77. The first-order chi connectivity index (χ1) is 11.0. The number of hydroxylamine groups is 1. The van der Waals surface area contributed by atoms with E-state index in [9.17, 15) is 14.7 Å². The number of aliphatic hydroxyl groups excluding tert-OH is 2. The van der Waals surface area contributed by atoms with Crippen LogP contribution in [-0.2, 0) is 4.84 Å². The maximum absolute atomic E-state index is 11.8. The van der Waals surface area contributed by atoms with Crippen molar-refractivity contribution < 1.29 is 15.1 Å². The molecule has 0 saturated heterocycles. The predicted molar refractivity (Wildman–Crippen MR) is 82.4 cm³/mol. The van der Waals surface area contributed by atoms with Crippen LogP contribution in [0.15, 0.2) is 38.0 Å². The molecule has 0 unspecified atom stereocenters. The number of nitrogens with one attached hydrogen (secondary N) is 2. The van der Waals surface area contributed by atoms with Crippen molar-refractivity contribution in [1.29, 1.82) is 0 Å². The third kappa shape index (κ3) is 6.86. The number of rotatable bonds is 7. The van der Waals surface area contributed by atoms with E-state index in [1.165, 1.54) is 13.1 Å². The van der Waals surface area contributed by atoms with Crippen LogP contribution < -0.4 is 22.6 Å². The summed E-state index contributed by atoms with van der Waals surface area (Å²) in [5, 5.41) is 24.7. The third-order valence-corrected chi connectivity index (χ3v) is 2.34. The average Bonchev–Trinajstić information content (AvgIpc) is 2.55. The lowest BCUT2D eigenvalue weighted by atomic mass is 10.3. The van der Waals surface area contributed by atoms with Gasteiger partial charge in [0, 0.05) is 17.8 Å². The zero-order valence-electron chi connectivity index (χ0n) is 13.2. The average molecular weight is 330 g/mol. The van der Waals surface area contributed by atoms with E-state index in [4.69, 9.17) is 15.8 Å². The minimum atomic E-state index is -1.13. The van der Waals surface area contributed by atoms with E-state index in [2.05, 4.69) is 20.8 Å². The second kappa shape index (κ2) is 11.1. The Morgan fingerprint density at radius 1 is 1.57 bits per heavy atom. The molecule has 0 radical (unpaired) electrons. The fraction of sp³-hybridized carbons (Fsp3) is 0.500. The quantitative estimate of drug-likeness (QED) is 0.149. The Labute approximate surface area is 132 Å². The minimum Gasteiger partial charge on any atom is -0.510 e. The van der Waals surface area contributed by atoms with E-state index in [-0.39, 0.29) is 17.9 Å². The number of aliphatic hydroxyl groups is 2. The molecule has 0 saturated carbocycles. The molecular formula is C12H22N6O5. The molecule has 11 heteroatoms. The van der Waals surface area contributed by atoms with Crippen molar-refractivity contribution in [3.63, 3.8) is 0 Å². The van der Waals surface area contributed by atoms with Crippen LogP contribution >= 0.6 is 0 Å². The highest BCUT2D eigenvalue weighted by atomic mass is 16.7. The monoisotopic (exact) mass is 330 g/mol. The lowest BCUT2D eigenvalue weighted by Crippen LogP contribution is -2.35. The fourth-order valence-electron chi connectivity index (χ4n) is 1.40. The van der Waals surface area contributed by atoms with Gasteiger partial charge in [0.2, 0.25) is 0 Å². The molecule has 11 nitrogen and oxygen atoms in total. The van der Waals surface area contributed by atoms with Crippen LogP contribution in [0.1, 0.15) is 25.6 Å². The zero-order valence-corrected chi connectivity index (χ0v) is 13.2. The number of aryl methyl sites for hydroxylation is 1. The molecule has 1 aromatic rings. The summed E-state index contributed by atoms with van der Waals surface area (Å²) in [6, 6.07) is 0. The molecule has 1 heterocycles. The van der Waals surface area contributed by atoms with E-state index >= 15 is 0 Å². The Kier molecular flexibility index (Phi) is 9.91. The molecular weight excluding hydrogens is 308 g/mol. The topological polar surface area (TPSA) is 167 Å². The molecule has 0 aromatic carbocycles. The Bertz CT molecular complexity index is 636. The van der Waals surface area contributed by atoms with Gasteiger partial charge in [0.05, 0.1) is 0 Å². The summed E-state index contributed by atoms with van der Waals surface area (Å²) in [4.78, 5) is 30.2. The number of nitrogens with zero attached hydrogens (tertiary/aromatic N) is 3. The Balaban J connectivity index is 0.00000232. The normalized spacial score (nSPS) is 12.8. The van der Waals surface area contributed by atoms with Gasteiger partial charge in [0.15, 0.2) is 6.23 Å². The Morgan fingerprint density at radius 3 is 2.78 bits per heavy atom. The number of aromatic nitrogens is 2. The van der Waals surface area contributed by atoms with Crippen LogP contribution in [0.25, 0.3) is 0 Å². The number of aromatic amines is 1. The molecule has 6 N–H and O–H groups in total. The molecule has 23 heavy (non-hydrogen) atoms. The van der Waals surface area contributed by atoms with E-state index in [1.54, 1.807) is 0 Å². The highest BCUT2D eigenvalue weighted by molar-refractivity contribution is 5.04. The molecule has 130 valence electrons. The van der Waals surface area contributed by atoms with Crippen LogP contribution in [-0.4, -0.2) is 33.0 Å². The summed E-state index contributed by atoms with van der Waals surface area (Å²) in [7, 11) is 0. The second-order valence-electron chi connectivity index (χ2n) is 3.86. The maximum Gasteiger partial charge on any atom is 0.330 e. The minimum absolute atomic E-state index is 0.216. The van der Waals surface area contributed by atoms with Gasteiger partial charge in [-0.25, -0.2) is 4.79 Å². The molecule has 0 aliphatic rings. The molecule has 1 rings (SSSR count).